The zero-order valence-corrected chi connectivity index (χ0v) is 16.6. The van der Waals surface area contributed by atoms with E-state index < -0.39 is 45.6 Å². The second-order valence-corrected chi connectivity index (χ2v) is 7.85. The van der Waals surface area contributed by atoms with Gasteiger partial charge in [-0.1, -0.05) is 6.07 Å². The Kier molecular flexibility index (Phi) is 6.12. The molecule has 9 heteroatoms. The summed E-state index contributed by atoms with van der Waals surface area (Å²) in [6.07, 6.45) is 1.93. The Balaban J connectivity index is 2.01. The van der Waals surface area contributed by atoms with E-state index in [-0.39, 0.29) is 5.56 Å². The molecule has 3 rings (SSSR count). The van der Waals surface area contributed by atoms with Crippen molar-refractivity contribution in [1.29, 1.82) is 0 Å². The zero-order valence-electron chi connectivity index (χ0n) is 16.6. The lowest BCUT2D eigenvalue weighted by Crippen LogP contribution is -2.52. The molecule has 0 saturated carbocycles. The summed E-state index contributed by atoms with van der Waals surface area (Å²) in [5.41, 5.74) is -1.36. The third kappa shape index (κ3) is 4.30. The minimum absolute atomic E-state index is 0.314. The number of nitro groups is 1. The van der Waals surface area contributed by atoms with Gasteiger partial charge in [0.15, 0.2) is 11.6 Å². The van der Waals surface area contributed by atoms with E-state index in [9.17, 15) is 28.1 Å². The van der Waals surface area contributed by atoms with Gasteiger partial charge in [0.05, 0.1) is 17.0 Å². The third-order valence-electron chi connectivity index (χ3n) is 5.58. The van der Waals surface area contributed by atoms with Gasteiger partial charge in [-0.15, -0.1) is 0 Å². The van der Waals surface area contributed by atoms with Gasteiger partial charge in [-0.05, 0) is 69.6 Å². The van der Waals surface area contributed by atoms with Crippen LogP contribution in [0.3, 0.4) is 0 Å². The Morgan fingerprint density at radius 3 is 2.37 bits per heavy atom. The first-order chi connectivity index (χ1) is 14.1. The Morgan fingerprint density at radius 2 is 1.77 bits per heavy atom. The molecule has 160 valence electrons. The van der Waals surface area contributed by atoms with Crippen molar-refractivity contribution in [2.24, 2.45) is 0 Å². The topological polar surface area (TPSA) is 75.5 Å². The molecule has 0 spiro atoms. The lowest BCUT2D eigenvalue weighted by Gasteiger charge is -2.42. The SMILES string of the molecule is CC(C)([C@@H](NC(=O)c1ccc(F)cc1[N+](=O)[O-])c1ccc(F)c(F)c1)N1CCCC1. The number of likely N-dealkylation sites (tertiary alicyclic amines) is 1. The van der Waals surface area contributed by atoms with Gasteiger partial charge >= 0.3 is 0 Å². The van der Waals surface area contributed by atoms with Gasteiger partial charge in [-0.25, -0.2) is 13.2 Å². The smallest absolute Gasteiger partial charge is 0.285 e. The molecule has 1 atom stereocenters. The number of hydrogen-bond donors (Lipinski definition) is 1. The van der Waals surface area contributed by atoms with Crippen molar-refractivity contribution in [1.82, 2.24) is 10.2 Å². The first-order valence-corrected chi connectivity index (χ1v) is 9.56. The highest BCUT2D eigenvalue weighted by Crippen LogP contribution is 2.35. The Labute approximate surface area is 171 Å². The van der Waals surface area contributed by atoms with Gasteiger partial charge in [0.25, 0.3) is 11.6 Å². The molecule has 1 heterocycles. The van der Waals surface area contributed by atoms with Crippen molar-refractivity contribution >= 4 is 11.6 Å². The van der Waals surface area contributed by atoms with Crippen molar-refractivity contribution < 1.29 is 22.9 Å². The number of halogens is 3. The number of nitrogens with zero attached hydrogens (tertiary/aromatic N) is 2. The predicted molar refractivity (Wildman–Crippen MR) is 105 cm³/mol. The van der Waals surface area contributed by atoms with Crippen LogP contribution in [0.25, 0.3) is 0 Å². The van der Waals surface area contributed by atoms with Crippen LogP contribution in [0.2, 0.25) is 0 Å². The summed E-state index contributed by atoms with van der Waals surface area (Å²) in [5.74, 6) is -3.72. The molecule has 1 fully saturated rings. The van der Waals surface area contributed by atoms with Gasteiger partial charge < -0.3 is 5.32 Å². The Morgan fingerprint density at radius 1 is 1.10 bits per heavy atom. The number of carbonyl (C=O) groups is 1. The quantitative estimate of drug-likeness (QED) is 0.556. The van der Waals surface area contributed by atoms with E-state index >= 15 is 0 Å². The maximum absolute atomic E-state index is 13.9. The monoisotopic (exact) mass is 421 g/mol. The van der Waals surface area contributed by atoms with E-state index in [1.807, 2.05) is 13.8 Å². The highest BCUT2D eigenvalue weighted by atomic mass is 19.2. The third-order valence-corrected chi connectivity index (χ3v) is 5.58. The van der Waals surface area contributed by atoms with Crippen molar-refractivity contribution in [2.45, 2.75) is 38.3 Å². The normalized spacial score (nSPS) is 15.8. The molecular formula is C21H22F3N3O3. The molecule has 0 radical (unpaired) electrons. The molecule has 1 saturated heterocycles. The highest BCUT2D eigenvalue weighted by Gasteiger charge is 2.39. The molecule has 2 aromatic rings. The van der Waals surface area contributed by atoms with E-state index in [4.69, 9.17) is 0 Å². The first-order valence-electron chi connectivity index (χ1n) is 9.56. The fourth-order valence-corrected chi connectivity index (χ4v) is 3.89. The molecule has 0 aromatic heterocycles. The van der Waals surface area contributed by atoms with Crippen LogP contribution in [0.1, 0.15) is 48.7 Å². The number of nitro benzene ring substituents is 1. The van der Waals surface area contributed by atoms with Crippen molar-refractivity contribution in [3.05, 3.63) is 75.1 Å². The maximum Gasteiger partial charge on any atom is 0.285 e. The lowest BCUT2D eigenvalue weighted by atomic mass is 9.86. The summed E-state index contributed by atoms with van der Waals surface area (Å²) >= 11 is 0. The van der Waals surface area contributed by atoms with Gasteiger partial charge in [0.2, 0.25) is 0 Å². The molecule has 1 aliphatic rings. The number of hydrogen-bond acceptors (Lipinski definition) is 4. The average molecular weight is 421 g/mol. The van der Waals surface area contributed by atoms with Crippen molar-refractivity contribution in [2.75, 3.05) is 13.1 Å². The van der Waals surface area contributed by atoms with Crippen LogP contribution >= 0.6 is 0 Å². The van der Waals surface area contributed by atoms with E-state index in [1.165, 1.54) is 6.07 Å². The number of carbonyl (C=O) groups excluding carboxylic acids is 1. The minimum Gasteiger partial charge on any atom is -0.343 e. The molecule has 2 aromatic carbocycles. The summed E-state index contributed by atoms with van der Waals surface area (Å²) in [5, 5.41) is 14.0. The number of amides is 1. The van der Waals surface area contributed by atoms with Crippen molar-refractivity contribution in [3.63, 3.8) is 0 Å². The summed E-state index contributed by atoms with van der Waals surface area (Å²) in [7, 11) is 0. The van der Waals surface area contributed by atoms with Crippen LogP contribution in [-0.2, 0) is 0 Å². The number of rotatable bonds is 6. The molecule has 1 aliphatic heterocycles. The largest absolute Gasteiger partial charge is 0.343 e. The standard InChI is InChI=1S/C21H22F3N3O3/c1-21(2,26-9-3-4-10-26)19(13-5-8-16(23)17(24)11-13)25-20(28)15-7-6-14(22)12-18(15)27(29)30/h5-8,11-12,19H,3-4,9-10H2,1-2H3,(H,25,28)/t19-/m0/s1. The second kappa shape index (κ2) is 8.43. The molecule has 6 nitrogen and oxygen atoms in total. The van der Waals surface area contributed by atoms with Crippen LogP contribution in [0, 0.1) is 27.6 Å². The molecule has 0 bridgehead atoms. The van der Waals surface area contributed by atoms with Crippen molar-refractivity contribution in [3.8, 4) is 0 Å². The van der Waals surface area contributed by atoms with Crippen LogP contribution in [0.15, 0.2) is 36.4 Å². The summed E-state index contributed by atoms with van der Waals surface area (Å²) in [6.45, 7) is 5.26. The summed E-state index contributed by atoms with van der Waals surface area (Å²) in [4.78, 5) is 25.5. The van der Waals surface area contributed by atoms with E-state index in [1.54, 1.807) is 0 Å². The maximum atomic E-state index is 13.9. The summed E-state index contributed by atoms with van der Waals surface area (Å²) < 4.78 is 40.9. The predicted octanol–water partition coefficient (Wildman–Crippen LogP) is 4.36. The molecular weight excluding hydrogens is 399 g/mol. The van der Waals surface area contributed by atoms with Crippen LogP contribution in [0.5, 0.6) is 0 Å². The van der Waals surface area contributed by atoms with E-state index in [0.717, 1.165) is 50.2 Å². The van der Waals surface area contributed by atoms with Gasteiger partial charge in [-0.3, -0.25) is 19.8 Å². The first kappa shape index (κ1) is 21.8. The number of nitrogens with one attached hydrogen (secondary N) is 1. The minimum atomic E-state index is -1.06. The highest BCUT2D eigenvalue weighted by molar-refractivity contribution is 5.98. The lowest BCUT2D eigenvalue weighted by molar-refractivity contribution is -0.385. The Bertz CT molecular complexity index is 975. The van der Waals surface area contributed by atoms with Gasteiger partial charge in [-0.2, -0.15) is 0 Å². The van der Waals surface area contributed by atoms with E-state index in [2.05, 4.69) is 10.2 Å². The Hall–Kier alpha value is -2.94. The fourth-order valence-electron chi connectivity index (χ4n) is 3.89. The average Bonchev–Trinajstić information content (AvgIpc) is 3.23. The second-order valence-electron chi connectivity index (χ2n) is 7.85. The molecule has 30 heavy (non-hydrogen) atoms. The van der Waals surface area contributed by atoms with Crippen LogP contribution < -0.4 is 5.32 Å². The van der Waals surface area contributed by atoms with Crippen LogP contribution in [0.4, 0.5) is 18.9 Å². The van der Waals surface area contributed by atoms with E-state index in [0.29, 0.717) is 11.6 Å². The van der Waals surface area contributed by atoms with Gasteiger partial charge in [0.1, 0.15) is 11.4 Å². The molecule has 1 amide bonds. The fraction of sp³-hybridized carbons (Fsp3) is 0.381. The zero-order chi connectivity index (χ0) is 22.1. The number of benzene rings is 2. The van der Waals surface area contributed by atoms with Gasteiger partial charge in [0, 0.05) is 5.54 Å². The summed E-state index contributed by atoms with van der Waals surface area (Å²) in [6, 6.07) is 5.23. The molecule has 0 aliphatic carbocycles. The molecule has 0 unspecified atom stereocenters. The molecule has 1 N–H and O–H groups in total. The van der Waals surface area contributed by atoms with Crippen LogP contribution in [-0.4, -0.2) is 34.4 Å².